The minimum atomic E-state index is -0.777. The molecule has 0 bridgehead atoms. The molecule has 0 aliphatic carbocycles. The van der Waals surface area contributed by atoms with E-state index >= 15 is 0 Å². The van der Waals surface area contributed by atoms with Crippen LogP contribution in [0.1, 0.15) is 51.8 Å². The van der Waals surface area contributed by atoms with Gasteiger partial charge in [0.15, 0.2) is 0 Å². The smallest absolute Gasteiger partial charge is 0.247 e. The summed E-state index contributed by atoms with van der Waals surface area (Å²) in [5.41, 5.74) is 7.64. The molecule has 2 aromatic rings. The van der Waals surface area contributed by atoms with Gasteiger partial charge in [-0.25, -0.2) is 0 Å². The van der Waals surface area contributed by atoms with Crippen molar-refractivity contribution in [3.63, 3.8) is 0 Å². The van der Waals surface area contributed by atoms with E-state index in [9.17, 15) is 14.4 Å². The third-order valence-corrected chi connectivity index (χ3v) is 7.61. The number of carbonyl (C=O) groups is 3. The van der Waals surface area contributed by atoms with E-state index in [0.29, 0.717) is 5.75 Å². The first-order chi connectivity index (χ1) is 16.5. The maximum atomic E-state index is 13.8. The van der Waals surface area contributed by atoms with Gasteiger partial charge in [-0.1, -0.05) is 74.5 Å². The average Bonchev–Trinajstić information content (AvgIpc) is 3.16. The Balaban J connectivity index is 1.89. The van der Waals surface area contributed by atoms with Gasteiger partial charge >= 0.3 is 0 Å². The van der Waals surface area contributed by atoms with E-state index in [2.05, 4.69) is 10.6 Å². The lowest BCUT2D eigenvalue weighted by Gasteiger charge is -2.38. The van der Waals surface area contributed by atoms with Crippen LogP contribution in [0.5, 0.6) is 0 Å². The van der Waals surface area contributed by atoms with E-state index in [1.165, 1.54) is 0 Å². The molecule has 0 radical (unpaired) electrons. The highest BCUT2D eigenvalue weighted by Gasteiger charge is 2.49. The van der Waals surface area contributed by atoms with Gasteiger partial charge in [-0.3, -0.25) is 14.4 Å². The summed E-state index contributed by atoms with van der Waals surface area (Å²) in [7, 11) is 0. The molecule has 0 saturated carbocycles. The summed E-state index contributed by atoms with van der Waals surface area (Å²) in [5, 5.41) is 5.97. The van der Waals surface area contributed by atoms with Crippen molar-refractivity contribution in [3.8, 4) is 0 Å². The number of carbonyl (C=O) groups excluding carboxylic acids is 3. The largest absolute Gasteiger partial charge is 0.343 e. The summed E-state index contributed by atoms with van der Waals surface area (Å²) in [6.45, 7) is 9.18. The van der Waals surface area contributed by atoms with Crippen LogP contribution < -0.4 is 16.4 Å². The van der Waals surface area contributed by atoms with Gasteiger partial charge in [-0.15, -0.1) is 11.8 Å². The normalized spacial score (nSPS) is 18.9. The van der Waals surface area contributed by atoms with Crippen LogP contribution in [-0.2, 0) is 14.4 Å². The molecule has 35 heavy (non-hydrogen) atoms. The third-order valence-electron chi connectivity index (χ3n) is 6.22. The minimum absolute atomic E-state index is 0.170. The Morgan fingerprint density at radius 3 is 1.91 bits per heavy atom. The highest BCUT2D eigenvalue weighted by molar-refractivity contribution is 8.00. The molecule has 2 aromatic carbocycles. The molecule has 4 N–H and O–H groups in total. The zero-order valence-corrected chi connectivity index (χ0v) is 21.8. The molecule has 1 aliphatic heterocycles. The molecule has 1 fully saturated rings. The number of hydrogen-bond donors (Lipinski definition) is 3. The Kier molecular flexibility index (Phi) is 8.61. The Labute approximate surface area is 212 Å². The van der Waals surface area contributed by atoms with Crippen molar-refractivity contribution in [3.05, 3.63) is 71.8 Å². The number of nitrogens with zero attached hydrogens (tertiary/aromatic N) is 1. The highest BCUT2D eigenvalue weighted by atomic mass is 32.2. The molecule has 1 aliphatic rings. The van der Waals surface area contributed by atoms with Crippen LogP contribution in [0.2, 0.25) is 0 Å². The molecule has 0 spiro atoms. The lowest BCUT2D eigenvalue weighted by Crippen LogP contribution is -2.61. The lowest BCUT2D eigenvalue weighted by atomic mass is 9.97. The summed E-state index contributed by atoms with van der Waals surface area (Å²) in [6, 6.07) is 17.0. The van der Waals surface area contributed by atoms with Gasteiger partial charge in [-0.05, 0) is 37.8 Å². The topological polar surface area (TPSA) is 105 Å². The SMILES string of the molecule is CC(C)[C@H](NC(=O)[C@H](C)N)C(=O)N1C(C(=O)NC(c2ccccc2)c2ccccc2)CSC1(C)C. The molecular formula is C27H36N4O3S. The monoisotopic (exact) mass is 496 g/mol. The summed E-state index contributed by atoms with van der Waals surface area (Å²) in [5.74, 6) is -0.602. The molecule has 3 rings (SSSR count). The molecule has 188 valence electrons. The zero-order valence-electron chi connectivity index (χ0n) is 21.0. The molecule has 1 heterocycles. The molecule has 0 aromatic heterocycles. The van der Waals surface area contributed by atoms with E-state index in [4.69, 9.17) is 5.73 Å². The average molecular weight is 497 g/mol. The van der Waals surface area contributed by atoms with E-state index in [0.717, 1.165) is 11.1 Å². The Bertz CT molecular complexity index is 988. The zero-order chi connectivity index (χ0) is 25.8. The van der Waals surface area contributed by atoms with Gasteiger partial charge in [0.1, 0.15) is 12.1 Å². The predicted molar refractivity (Wildman–Crippen MR) is 140 cm³/mol. The van der Waals surface area contributed by atoms with Gasteiger partial charge < -0.3 is 21.3 Å². The van der Waals surface area contributed by atoms with E-state index in [1.807, 2.05) is 88.4 Å². The molecule has 3 amide bonds. The van der Waals surface area contributed by atoms with Gasteiger partial charge in [0.05, 0.1) is 17.0 Å². The minimum Gasteiger partial charge on any atom is -0.343 e. The number of nitrogens with two attached hydrogens (primary N) is 1. The van der Waals surface area contributed by atoms with Crippen LogP contribution in [0.3, 0.4) is 0 Å². The van der Waals surface area contributed by atoms with E-state index in [-0.39, 0.29) is 23.8 Å². The van der Waals surface area contributed by atoms with Gasteiger partial charge in [0, 0.05) is 5.75 Å². The van der Waals surface area contributed by atoms with Crippen LogP contribution in [0.4, 0.5) is 0 Å². The standard InChI is InChI=1S/C27H36N4O3S/c1-17(2)22(29-24(32)18(3)28)26(34)31-21(16-35-27(31,4)5)25(33)30-23(19-12-8-6-9-13-19)20-14-10-7-11-15-20/h6-15,17-18,21-23H,16,28H2,1-5H3,(H,29,32)(H,30,33)/t18-,21?,22-/m0/s1. The maximum absolute atomic E-state index is 13.8. The fourth-order valence-electron chi connectivity index (χ4n) is 4.25. The summed E-state index contributed by atoms with van der Waals surface area (Å²) < 4.78 is 0. The Hall–Kier alpha value is -2.84. The molecule has 3 atom stereocenters. The molecular weight excluding hydrogens is 460 g/mol. The molecule has 8 heteroatoms. The van der Waals surface area contributed by atoms with Crippen LogP contribution in [0, 0.1) is 5.92 Å². The fourth-order valence-corrected chi connectivity index (χ4v) is 5.47. The van der Waals surface area contributed by atoms with Crippen LogP contribution in [0.25, 0.3) is 0 Å². The van der Waals surface area contributed by atoms with Crippen molar-refractivity contribution >= 4 is 29.5 Å². The maximum Gasteiger partial charge on any atom is 0.247 e. The van der Waals surface area contributed by atoms with Crippen molar-refractivity contribution < 1.29 is 14.4 Å². The van der Waals surface area contributed by atoms with Crippen LogP contribution in [0.15, 0.2) is 60.7 Å². The van der Waals surface area contributed by atoms with Crippen molar-refractivity contribution in [1.82, 2.24) is 15.5 Å². The number of rotatable bonds is 8. The number of benzene rings is 2. The first kappa shape index (κ1) is 26.8. The first-order valence-corrected chi connectivity index (χ1v) is 12.9. The third kappa shape index (κ3) is 6.24. The highest BCUT2D eigenvalue weighted by Crippen LogP contribution is 2.40. The summed E-state index contributed by atoms with van der Waals surface area (Å²) >= 11 is 1.55. The van der Waals surface area contributed by atoms with Gasteiger partial charge in [0.25, 0.3) is 0 Å². The second kappa shape index (κ2) is 11.3. The Morgan fingerprint density at radius 1 is 0.943 bits per heavy atom. The number of nitrogens with one attached hydrogen (secondary N) is 2. The quantitative estimate of drug-likeness (QED) is 0.521. The van der Waals surface area contributed by atoms with E-state index < -0.39 is 28.9 Å². The second-order valence-electron chi connectivity index (χ2n) is 9.76. The van der Waals surface area contributed by atoms with Gasteiger partial charge in [0.2, 0.25) is 17.7 Å². The fraction of sp³-hybridized carbons (Fsp3) is 0.444. The van der Waals surface area contributed by atoms with Crippen LogP contribution >= 0.6 is 11.8 Å². The van der Waals surface area contributed by atoms with Crippen molar-refractivity contribution in [2.24, 2.45) is 11.7 Å². The van der Waals surface area contributed by atoms with Crippen molar-refractivity contribution in [1.29, 1.82) is 0 Å². The van der Waals surface area contributed by atoms with Crippen molar-refractivity contribution in [2.45, 2.75) is 63.7 Å². The van der Waals surface area contributed by atoms with Gasteiger partial charge in [-0.2, -0.15) is 0 Å². The number of hydrogen-bond acceptors (Lipinski definition) is 5. The van der Waals surface area contributed by atoms with Crippen LogP contribution in [-0.4, -0.2) is 51.4 Å². The predicted octanol–water partition coefficient (Wildman–Crippen LogP) is 3.06. The molecule has 1 unspecified atom stereocenters. The Morgan fingerprint density at radius 2 is 1.46 bits per heavy atom. The number of thioether (sulfide) groups is 1. The second-order valence-corrected chi connectivity index (χ2v) is 11.4. The number of amides is 3. The molecule has 7 nitrogen and oxygen atoms in total. The first-order valence-electron chi connectivity index (χ1n) is 12.0. The lowest BCUT2D eigenvalue weighted by molar-refractivity contribution is -0.146. The summed E-state index contributed by atoms with van der Waals surface area (Å²) in [6.07, 6.45) is 0. The summed E-state index contributed by atoms with van der Waals surface area (Å²) in [4.78, 5) is 40.8. The van der Waals surface area contributed by atoms with E-state index in [1.54, 1.807) is 23.6 Å². The molecule has 1 saturated heterocycles. The van der Waals surface area contributed by atoms with Crippen molar-refractivity contribution in [2.75, 3.05) is 5.75 Å².